The predicted octanol–water partition coefficient (Wildman–Crippen LogP) is 4.57. The Morgan fingerprint density at radius 2 is 1.88 bits per heavy atom. The highest BCUT2D eigenvalue weighted by molar-refractivity contribution is 7.80. The molecule has 24 heavy (non-hydrogen) atoms. The topological polar surface area (TPSA) is 50.4 Å². The fourth-order valence-electron chi connectivity index (χ4n) is 3.15. The number of hydrogen-bond donors (Lipinski definition) is 2. The highest BCUT2D eigenvalue weighted by atomic mass is 32.1. The first kappa shape index (κ1) is 18.7. The summed E-state index contributed by atoms with van der Waals surface area (Å²) < 4.78 is 5.10. The second-order valence-corrected chi connectivity index (χ2v) is 6.75. The number of hydrogen-bond acceptors (Lipinski definition) is 3. The third kappa shape index (κ3) is 5.48. The van der Waals surface area contributed by atoms with Crippen LogP contribution in [0.4, 0.5) is 5.69 Å². The van der Waals surface area contributed by atoms with E-state index in [-0.39, 0.29) is 5.97 Å². The van der Waals surface area contributed by atoms with Crippen molar-refractivity contribution in [1.82, 2.24) is 5.32 Å². The first-order valence-corrected chi connectivity index (χ1v) is 9.37. The highest BCUT2D eigenvalue weighted by Gasteiger charge is 2.15. The predicted molar refractivity (Wildman–Crippen MR) is 103 cm³/mol. The van der Waals surface area contributed by atoms with Crippen LogP contribution in [-0.4, -0.2) is 23.7 Å². The Morgan fingerprint density at radius 1 is 1.21 bits per heavy atom. The molecule has 1 fully saturated rings. The summed E-state index contributed by atoms with van der Waals surface area (Å²) in [7, 11) is 0. The van der Waals surface area contributed by atoms with E-state index in [1.807, 2.05) is 26.0 Å². The number of rotatable bonds is 4. The monoisotopic (exact) mass is 348 g/mol. The van der Waals surface area contributed by atoms with Crippen LogP contribution in [0.3, 0.4) is 0 Å². The molecule has 1 aromatic rings. The summed E-state index contributed by atoms with van der Waals surface area (Å²) in [5.74, 6) is -0.294. The number of carbonyl (C=O) groups is 1. The lowest BCUT2D eigenvalue weighted by Gasteiger charge is -2.23. The fraction of sp³-hybridized carbons (Fsp3) is 0.579. The zero-order valence-electron chi connectivity index (χ0n) is 14.7. The molecule has 1 aliphatic rings. The lowest BCUT2D eigenvalue weighted by molar-refractivity contribution is 0.0525. The van der Waals surface area contributed by atoms with Gasteiger partial charge in [0.15, 0.2) is 5.11 Å². The van der Waals surface area contributed by atoms with Gasteiger partial charge in [-0.2, -0.15) is 0 Å². The molecular weight excluding hydrogens is 320 g/mol. The number of nitrogens with one attached hydrogen (secondary N) is 2. The zero-order chi connectivity index (χ0) is 17.4. The largest absolute Gasteiger partial charge is 0.462 e. The Balaban J connectivity index is 1.98. The average Bonchev–Trinajstić information content (AvgIpc) is 2.52. The number of benzene rings is 1. The van der Waals surface area contributed by atoms with E-state index in [2.05, 4.69) is 10.6 Å². The molecule has 0 bridgehead atoms. The molecular formula is C19H28N2O2S. The van der Waals surface area contributed by atoms with Gasteiger partial charge in [-0.1, -0.05) is 38.2 Å². The molecule has 2 N–H and O–H groups in total. The standard InChI is InChI=1S/C19H28N2O2S/c1-3-23-18(22)16-12-9-13-17(14(16)2)21-19(24)20-15-10-7-5-4-6-8-11-15/h9,12-13,15H,3-8,10-11H2,1-2H3,(H2,20,21,24). The maximum atomic E-state index is 12.0. The van der Waals surface area contributed by atoms with Crippen LogP contribution in [0, 0.1) is 6.92 Å². The van der Waals surface area contributed by atoms with E-state index in [0.29, 0.717) is 23.3 Å². The molecule has 0 aliphatic heterocycles. The van der Waals surface area contributed by atoms with E-state index in [4.69, 9.17) is 17.0 Å². The Morgan fingerprint density at radius 3 is 2.54 bits per heavy atom. The molecule has 4 nitrogen and oxygen atoms in total. The van der Waals surface area contributed by atoms with Crippen molar-refractivity contribution >= 4 is 29.0 Å². The quantitative estimate of drug-likeness (QED) is 0.616. The molecule has 1 saturated carbocycles. The van der Waals surface area contributed by atoms with Crippen LogP contribution < -0.4 is 10.6 Å². The third-order valence-corrected chi connectivity index (χ3v) is 4.74. The van der Waals surface area contributed by atoms with Crippen molar-refractivity contribution < 1.29 is 9.53 Å². The van der Waals surface area contributed by atoms with Crippen LogP contribution in [0.15, 0.2) is 18.2 Å². The van der Waals surface area contributed by atoms with Crippen molar-refractivity contribution in [2.24, 2.45) is 0 Å². The van der Waals surface area contributed by atoms with Crippen LogP contribution >= 0.6 is 12.2 Å². The Hall–Kier alpha value is -1.62. The molecule has 0 heterocycles. The van der Waals surface area contributed by atoms with Gasteiger partial charge in [-0.05, 0) is 56.6 Å². The van der Waals surface area contributed by atoms with E-state index in [1.165, 1.54) is 44.9 Å². The van der Waals surface area contributed by atoms with Gasteiger partial charge in [0.2, 0.25) is 0 Å². The zero-order valence-corrected chi connectivity index (χ0v) is 15.5. The van der Waals surface area contributed by atoms with E-state index in [1.54, 1.807) is 6.07 Å². The second-order valence-electron chi connectivity index (χ2n) is 6.34. The fourth-order valence-corrected chi connectivity index (χ4v) is 3.42. The minimum atomic E-state index is -0.294. The SMILES string of the molecule is CCOC(=O)c1cccc(NC(=S)NC2CCCCCCC2)c1C. The van der Waals surface area contributed by atoms with Gasteiger partial charge in [0, 0.05) is 11.7 Å². The van der Waals surface area contributed by atoms with Crippen LogP contribution in [0.25, 0.3) is 0 Å². The Labute approximate surface area is 150 Å². The summed E-state index contributed by atoms with van der Waals surface area (Å²) in [5, 5.41) is 7.31. The molecule has 1 aromatic carbocycles. The van der Waals surface area contributed by atoms with Crippen molar-refractivity contribution in [3.05, 3.63) is 29.3 Å². The molecule has 2 rings (SSSR count). The van der Waals surface area contributed by atoms with Crippen molar-refractivity contribution in [3.63, 3.8) is 0 Å². The highest BCUT2D eigenvalue weighted by Crippen LogP contribution is 2.21. The van der Waals surface area contributed by atoms with Crippen molar-refractivity contribution in [2.75, 3.05) is 11.9 Å². The van der Waals surface area contributed by atoms with Crippen molar-refractivity contribution in [3.8, 4) is 0 Å². The number of anilines is 1. The van der Waals surface area contributed by atoms with Gasteiger partial charge in [-0.25, -0.2) is 4.79 Å². The average molecular weight is 349 g/mol. The van der Waals surface area contributed by atoms with Crippen LogP contribution in [0.2, 0.25) is 0 Å². The van der Waals surface area contributed by atoms with Gasteiger partial charge < -0.3 is 15.4 Å². The molecule has 0 aromatic heterocycles. The van der Waals surface area contributed by atoms with Crippen molar-refractivity contribution in [1.29, 1.82) is 0 Å². The van der Waals surface area contributed by atoms with Crippen molar-refractivity contribution in [2.45, 2.75) is 64.8 Å². The molecule has 0 saturated heterocycles. The van der Waals surface area contributed by atoms with E-state index < -0.39 is 0 Å². The first-order valence-electron chi connectivity index (χ1n) is 8.96. The van der Waals surface area contributed by atoms with Gasteiger partial charge in [0.25, 0.3) is 0 Å². The summed E-state index contributed by atoms with van der Waals surface area (Å²) in [4.78, 5) is 12.0. The van der Waals surface area contributed by atoms with Crippen LogP contribution in [0.5, 0.6) is 0 Å². The van der Waals surface area contributed by atoms with E-state index in [9.17, 15) is 4.79 Å². The molecule has 0 unspecified atom stereocenters. The number of esters is 1. The summed E-state index contributed by atoms with van der Waals surface area (Å²) in [6.45, 7) is 4.09. The van der Waals surface area contributed by atoms with Gasteiger partial charge in [-0.15, -0.1) is 0 Å². The number of ether oxygens (including phenoxy) is 1. The smallest absolute Gasteiger partial charge is 0.338 e. The molecule has 0 amide bonds. The summed E-state index contributed by atoms with van der Waals surface area (Å²) in [6.07, 6.45) is 8.86. The molecule has 5 heteroatoms. The number of carbonyl (C=O) groups excluding carboxylic acids is 1. The lowest BCUT2D eigenvalue weighted by atomic mass is 9.97. The molecule has 132 valence electrons. The van der Waals surface area contributed by atoms with Crippen LogP contribution in [0.1, 0.15) is 67.8 Å². The van der Waals surface area contributed by atoms with Gasteiger partial charge in [0.1, 0.15) is 0 Å². The Kier molecular flexibility index (Phi) is 7.50. The molecule has 0 atom stereocenters. The van der Waals surface area contributed by atoms with Gasteiger partial charge in [0.05, 0.1) is 12.2 Å². The maximum absolute atomic E-state index is 12.0. The minimum Gasteiger partial charge on any atom is -0.462 e. The van der Waals surface area contributed by atoms with E-state index in [0.717, 1.165) is 11.3 Å². The van der Waals surface area contributed by atoms with Gasteiger partial charge in [-0.3, -0.25) is 0 Å². The lowest BCUT2D eigenvalue weighted by Crippen LogP contribution is -2.38. The molecule has 0 spiro atoms. The second kappa shape index (κ2) is 9.62. The van der Waals surface area contributed by atoms with Gasteiger partial charge >= 0.3 is 5.97 Å². The van der Waals surface area contributed by atoms with Crippen LogP contribution in [-0.2, 0) is 4.74 Å². The molecule has 0 radical (unpaired) electrons. The number of thiocarbonyl (C=S) groups is 1. The first-order chi connectivity index (χ1) is 11.6. The normalized spacial score (nSPS) is 15.9. The molecule has 1 aliphatic carbocycles. The third-order valence-electron chi connectivity index (χ3n) is 4.52. The Bertz CT molecular complexity index is 566. The summed E-state index contributed by atoms with van der Waals surface area (Å²) in [5.41, 5.74) is 2.29. The summed E-state index contributed by atoms with van der Waals surface area (Å²) in [6, 6.07) is 6.01. The van der Waals surface area contributed by atoms with E-state index >= 15 is 0 Å². The maximum Gasteiger partial charge on any atom is 0.338 e. The minimum absolute atomic E-state index is 0.294. The summed E-state index contributed by atoms with van der Waals surface area (Å²) >= 11 is 5.48.